The number of nitrogens with zero attached hydrogens (tertiary/aromatic N) is 6. The molecule has 0 aliphatic carbocycles. The summed E-state index contributed by atoms with van der Waals surface area (Å²) in [5.74, 6) is 1.59. The van der Waals surface area contributed by atoms with Crippen molar-refractivity contribution < 1.29 is 0 Å². The summed E-state index contributed by atoms with van der Waals surface area (Å²) < 4.78 is 3.72. The molecule has 6 aromatic rings. The summed E-state index contributed by atoms with van der Waals surface area (Å²) in [6, 6.07) is 33.1. The van der Waals surface area contributed by atoms with Gasteiger partial charge in [0.1, 0.15) is 0 Å². The Hall–Kier alpha value is -4.84. The Morgan fingerprint density at radius 3 is 1.28 bits per heavy atom. The summed E-state index contributed by atoms with van der Waals surface area (Å²) in [4.78, 5) is 10.4. The highest BCUT2D eigenvalue weighted by molar-refractivity contribution is 5.72. The van der Waals surface area contributed by atoms with Crippen molar-refractivity contribution in [3.8, 4) is 33.9 Å². The van der Waals surface area contributed by atoms with Crippen LogP contribution < -0.4 is 0 Å². The highest BCUT2D eigenvalue weighted by Gasteiger charge is 2.29. The number of pyridine rings is 2. The van der Waals surface area contributed by atoms with Gasteiger partial charge < -0.3 is 0 Å². The molecule has 4 heterocycles. The second-order valence-corrected chi connectivity index (χ2v) is 10.3. The number of hydrogen-bond acceptors (Lipinski definition) is 4. The minimum absolute atomic E-state index is 0.488. The maximum Gasteiger partial charge on any atom is 0.161 e. The molecule has 0 saturated heterocycles. The molecule has 6 heteroatoms. The molecule has 6 nitrogen and oxygen atoms in total. The fourth-order valence-corrected chi connectivity index (χ4v) is 4.83. The maximum absolute atomic E-state index is 5.21. The van der Waals surface area contributed by atoms with E-state index in [1.807, 2.05) is 84.1 Å². The zero-order valence-corrected chi connectivity index (χ0v) is 22.6. The number of rotatable bonds is 6. The summed E-state index contributed by atoms with van der Waals surface area (Å²) in [6.07, 6.45) is 3.93. The molecular weight excluding hydrogens is 480 g/mol. The number of aromatic nitrogens is 6. The zero-order valence-electron chi connectivity index (χ0n) is 22.6. The third kappa shape index (κ3) is 4.66. The molecule has 0 spiro atoms. The molecule has 0 amide bonds. The van der Waals surface area contributed by atoms with E-state index in [-0.39, 0.29) is 0 Å². The largest absolute Gasteiger partial charge is 0.232 e. The molecule has 0 N–H and O–H groups in total. The molecule has 0 aliphatic heterocycles. The first-order chi connectivity index (χ1) is 18.9. The van der Waals surface area contributed by atoms with Crippen molar-refractivity contribution in [2.24, 2.45) is 0 Å². The molecular formula is C33H30N6. The van der Waals surface area contributed by atoms with Crippen molar-refractivity contribution >= 4 is 0 Å². The normalized spacial score (nSPS) is 11.6. The third-order valence-corrected chi connectivity index (χ3v) is 7.08. The second-order valence-electron chi connectivity index (χ2n) is 10.3. The van der Waals surface area contributed by atoms with E-state index < -0.39 is 5.41 Å². The van der Waals surface area contributed by atoms with Crippen LogP contribution in [0.2, 0.25) is 0 Å². The van der Waals surface area contributed by atoms with Gasteiger partial charge >= 0.3 is 0 Å². The van der Waals surface area contributed by atoms with Crippen molar-refractivity contribution in [2.75, 3.05) is 0 Å². The van der Waals surface area contributed by atoms with Gasteiger partial charge in [0.05, 0.1) is 22.8 Å². The van der Waals surface area contributed by atoms with Crippen molar-refractivity contribution in [3.05, 3.63) is 132 Å². The summed E-state index contributed by atoms with van der Waals surface area (Å²) in [7, 11) is 0. The first-order valence-corrected chi connectivity index (χ1v) is 13.1. The van der Waals surface area contributed by atoms with Crippen molar-refractivity contribution in [1.82, 2.24) is 29.5 Å². The Bertz CT molecular complexity index is 1620. The molecule has 0 atom stereocenters. The van der Waals surface area contributed by atoms with Gasteiger partial charge in [0, 0.05) is 28.9 Å². The van der Waals surface area contributed by atoms with Crippen LogP contribution in [0.4, 0.5) is 0 Å². The van der Waals surface area contributed by atoms with Crippen molar-refractivity contribution in [3.63, 3.8) is 0 Å². The van der Waals surface area contributed by atoms with E-state index in [0.717, 1.165) is 56.7 Å². The highest BCUT2D eigenvalue weighted by atomic mass is 15.3. The molecule has 39 heavy (non-hydrogen) atoms. The third-order valence-electron chi connectivity index (χ3n) is 7.08. The van der Waals surface area contributed by atoms with E-state index in [0.29, 0.717) is 0 Å². The van der Waals surface area contributed by atoms with Gasteiger partial charge in [0.15, 0.2) is 11.6 Å². The lowest BCUT2D eigenvalue weighted by Crippen LogP contribution is -2.24. The molecule has 0 aliphatic rings. The van der Waals surface area contributed by atoms with Gasteiger partial charge in [-0.3, -0.25) is 0 Å². The molecule has 0 unspecified atom stereocenters. The molecule has 0 fully saturated rings. The quantitative estimate of drug-likeness (QED) is 0.239. The number of aryl methyl sites for hydroxylation is 2. The SMILES string of the molecule is Cc1ccn(-c2nc(C(C)(C)c3ccc(-c4ccccc4)c(-n4ccc(C)n4)n3)ccc2-c2ccccc2)n1. The fourth-order valence-electron chi connectivity index (χ4n) is 4.83. The van der Waals surface area contributed by atoms with E-state index in [1.54, 1.807) is 0 Å². The minimum Gasteiger partial charge on any atom is -0.232 e. The van der Waals surface area contributed by atoms with Gasteiger partial charge in [-0.2, -0.15) is 10.2 Å². The van der Waals surface area contributed by atoms with Crippen LogP contribution in [0.15, 0.2) is 109 Å². The Kier molecular flexibility index (Phi) is 6.15. The molecule has 0 bridgehead atoms. The van der Waals surface area contributed by atoms with Gasteiger partial charge in [-0.25, -0.2) is 19.3 Å². The first kappa shape index (κ1) is 24.5. The average Bonchev–Trinajstić information content (AvgIpc) is 3.61. The second kappa shape index (κ2) is 9.80. The molecule has 2 aromatic carbocycles. The fraction of sp³-hybridized carbons (Fsp3) is 0.152. The van der Waals surface area contributed by atoms with E-state index in [1.165, 1.54) is 0 Å². The Morgan fingerprint density at radius 1 is 0.513 bits per heavy atom. The zero-order chi connectivity index (χ0) is 27.0. The van der Waals surface area contributed by atoms with Crippen LogP contribution in [-0.2, 0) is 5.41 Å². The smallest absolute Gasteiger partial charge is 0.161 e. The molecule has 4 aromatic heterocycles. The van der Waals surface area contributed by atoms with Gasteiger partial charge in [0.25, 0.3) is 0 Å². The van der Waals surface area contributed by atoms with Crippen molar-refractivity contribution in [1.29, 1.82) is 0 Å². The van der Waals surface area contributed by atoms with E-state index in [4.69, 9.17) is 20.2 Å². The average molecular weight is 511 g/mol. The van der Waals surface area contributed by atoms with Crippen LogP contribution in [0.3, 0.4) is 0 Å². The van der Waals surface area contributed by atoms with Gasteiger partial charge in [-0.1, -0.05) is 60.7 Å². The van der Waals surface area contributed by atoms with Crippen LogP contribution in [0.25, 0.3) is 33.9 Å². The van der Waals surface area contributed by atoms with Crippen LogP contribution in [0.1, 0.15) is 36.6 Å². The number of hydrogen-bond donors (Lipinski definition) is 0. The summed E-state index contributed by atoms with van der Waals surface area (Å²) in [5.41, 5.74) is 7.46. The monoisotopic (exact) mass is 510 g/mol. The first-order valence-electron chi connectivity index (χ1n) is 13.1. The standard InChI is InChI=1S/C33H30N6/c1-23-19-21-38(36-23)31-27(25-11-7-5-8-12-25)15-17-29(34-31)33(3,4)30-18-16-28(26-13-9-6-10-14-26)32(35-30)39-22-20-24(2)37-39/h5-22H,1-4H3. The van der Waals surface area contributed by atoms with Crippen molar-refractivity contribution in [2.45, 2.75) is 33.1 Å². The lowest BCUT2D eigenvalue weighted by Gasteiger charge is -2.26. The summed E-state index contributed by atoms with van der Waals surface area (Å²) in [5, 5.41) is 9.38. The Labute approximate surface area is 228 Å². The summed E-state index contributed by atoms with van der Waals surface area (Å²) in [6.45, 7) is 8.31. The van der Waals surface area contributed by atoms with E-state index in [2.05, 4.69) is 62.4 Å². The Balaban J connectivity index is 1.50. The topological polar surface area (TPSA) is 61.4 Å². The molecule has 0 radical (unpaired) electrons. The molecule has 192 valence electrons. The molecule has 6 rings (SSSR count). The maximum atomic E-state index is 5.21. The van der Waals surface area contributed by atoms with E-state index in [9.17, 15) is 0 Å². The van der Waals surface area contributed by atoms with Gasteiger partial charge in [0.2, 0.25) is 0 Å². The van der Waals surface area contributed by atoms with E-state index >= 15 is 0 Å². The van der Waals surface area contributed by atoms with Gasteiger partial charge in [-0.05, 0) is 75.2 Å². The van der Waals surface area contributed by atoms with Gasteiger partial charge in [-0.15, -0.1) is 0 Å². The van der Waals surface area contributed by atoms with Crippen LogP contribution in [0, 0.1) is 13.8 Å². The lowest BCUT2D eigenvalue weighted by atomic mass is 9.83. The number of benzene rings is 2. The minimum atomic E-state index is -0.488. The van der Waals surface area contributed by atoms with Crippen LogP contribution in [-0.4, -0.2) is 29.5 Å². The lowest BCUT2D eigenvalue weighted by molar-refractivity contribution is 0.588. The van der Waals surface area contributed by atoms with Crippen LogP contribution in [0.5, 0.6) is 0 Å². The highest BCUT2D eigenvalue weighted by Crippen LogP contribution is 2.35. The predicted molar refractivity (Wildman–Crippen MR) is 155 cm³/mol. The summed E-state index contributed by atoms with van der Waals surface area (Å²) >= 11 is 0. The Morgan fingerprint density at radius 2 is 0.923 bits per heavy atom. The predicted octanol–water partition coefficient (Wildman–Crippen LogP) is 7.12. The molecule has 0 saturated carbocycles. The van der Waals surface area contributed by atoms with Crippen LogP contribution >= 0.6 is 0 Å².